The number of hydrogen-bond acceptors (Lipinski definition) is 6. The number of ether oxygens (including phenoxy) is 1. The van der Waals surface area contributed by atoms with Crippen LogP contribution in [0.4, 0.5) is 0 Å². The normalized spacial score (nSPS) is 16.5. The summed E-state index contributed by atoms with van der Waals surface area (Å²) in [7, 11) is 0. The SMILES string of the molecule is OCc1cc(OCCN2CCNCC2)cc(CO)n1. The van der Waals surface area contributed by atoms with E-state index >= 15 is 0 Å². The van der Waals surface area contributed by atoms with E-state index < -0.39 is 0 Å². The summed E-state index contributed by atoms with van der Waals surface area (Å²) in [6, 6.07) is 3.41. The minimum atomic E-state index is -0.151. The van der Waals surface area contributed by atoms with Crippen molar-refractivity contribution in [2.24, 2.45) is 0 Å². The monoisotopic (exact) mass is 267 g/mol. The maximum absolute atomic E-state index is 9.10. The fourth-order valence-electron chi connectivity index (χ4n) is 2.09. The molecule has 2 rings (SSSR count). The third-order valence-corrected chi connectivity index (χ3v) is 3.11. The number of aliphatic hydroxyl groups excluding tert-OH is 2. The molecule has 1 aromatic heterocycles. The van der Waals surface area contributed by atoms with Gasteiger partial charge in [0.05, 0.1) is 24.6 Å². The Morgan fingerprint density at radius 1 is 1.16 bits per heavy atom. The highest BCUT2D eigenvalue weighted by molar-refractivity contribution is 5.26. The van der Waals surface area contributed by atoms with Crippen LogP contribution in [0.3, 0.4) is 0 Å². The Morgan fingerprint density at radius 2 is 1.79 bits per heavy atom. The minimum Gasteiger partial charge on any atom is -0.492 e. The van der Waals surface area contributed by atoms with Gasteiger partial charge in [-0.05, 0) is 0 Å². The second kappa shape index (κ2) is 7.40. The highest BCUT2D eigenvalue weighted by Gasteiger charge is 2.09. The van der Waals surface area contributed by atoms with E-state index in [1.54, 1.807) is 12.1 Å². The van der Waals surface area contributed by atoms with E-state index in [0.29, 0.717) is 23.7 Å². The van der Waals surface area contributed by atoms with Crippen LogP contribution in [0.2, 0.25) is 0 Å². The second-order valence-electron chi connectivity index (χ2n) is 4.54. The van der Waals surface area contributed by atoms with Crippen molar-refractivity contribution < 1.29 is 14.9 Å². The van der Waals surface area contributed by atoms with Crippen LogP contribution >= 0.6 is 0 Å². The van der Waals surface area contributed by atoms with Gasteiger partial charge in [-0.2, -0.15) is 0 Å². The van der Waals surface area contributed by atoms with Crippen molar-refractivity contribution in [1.82, 2.24) is 15.2 Å². The predicted molar refractivity (Wildman–Crippen MR) is 70.9 cm³/mol. The lowest BCUT2D eigenvalue weighted by Gasteiger charge is -2.26. The van der Waals surface area contributed by atoms with E-state index in [9.17, 15) is 0 Å². The number of pyridine rings is 1. The molecular formula is C13H21N3O3. The van der Waals surface area contributed by atoms with E-state index in [2.05, 4.69) is 15.2 Å². The second-order valence-corrected chi connectivity index (χ2v) is 4.54. The summed E-state index contributed by atoms with van der Waals surface area (Å²) in [5, 5.41) is 21.5. The molecule has 0 amide bonds. The van der Waals surface area contributed by atoms with Crippen LogP contribution in [-0.2, 0) is 13.2 Å². The molecule has 1 aliphatic rings. The van der Waals surface area contributed by atoms with Crippen LogP contribution in [0.25, 0.3) is 0 Å². The van der Waals surface area contributed by atoms with Crippen molar-refractivity contribution in [2.45, 2.75) is 13.2 Å². The van der Waals surface area contributed by atoms with Gasteiger partial charge in [0.2, 0.25) is 0 Å². The Labute approximate surface area is 113 Å². The average Bonchev–Trinajstić information content (AvgIpc) is 2.48. The van der Waals surface area contributed by atoms with Crippen LogP contribution in [0.5, 0.6) is 5.75 Å². The first-order valence-electron chi connectivity index (χ1n) is 6.59. The summed E-state index contributed by atoms with van der Waals surface area (Å²) in [4.78, 5) is 6.41. The largest absolute Gasteiger partial charge is 0.492 e. The lowest BCUT2D eigenvalue weighted by Crippen LogP contribution is -2.44. The van der Waals surface area contributed by atoms with Crippen molar-refractivity contribution >= 4 is 0 Å². The highest BCUT2D eigenvalue weighted by Crippen LogP contribution is 2.14. The summed E-state index contributed by atoms with van der Waals surface area (Å²) in [5.41, 5.74) is 1.03. The van der Waals surface area contributed by atoms with Crippen molar-refractivity contribution in [3.8, 4) is 5.75 Å². The summed E-state index contributed by atoms with van der Waals surface area (Å²) in [5.74, 6) is 0.651. The fraction of sp³-hybridized carbons (Fsp3) is 0.615. The van der Waals surface area contributed by atoms with Gasteiger partial charge in [-0.15, -0.1) is 0 Å². The quantitative estimate of drug-likeness (QED) is 0.636. The molecule has 0 atom stereocenters. The maximum atomic E-state index is 9.10. The first-order valence-corrected chi connectivity index (χ1v) is 6.59. The number of aliphatic hydroxyl groups is 2. The molecule has 0 bridgehead atoms. The minimum absolute atomic E-state index is 0.151. The Morgan fingerprint density at radius 3 is 2.37 bits per heavy atom. The molecule has 6 nitrogen and oxygen atoms in total. The Hall–Kier alpha value is -1.21. The average molecular weight is 267 g/mol. The Balaban J connectivity index is 1.84. The summed E-state index contributed by atoms with van der Waals surface area (Å²) >= 11 is 0. The zero-order chi connectivity index (χ0) is 13.5. The molecule has 0 radical (unpaired) electrons. The maximum Gasteiger partial charge on any atom is 0.123 e. The predicted octanol–water partition coefficient (Wildman–Crippen LogP) is -0.650. The van der Waals surface area contributed by atoms with Crippen molar-refractivity contribution in [1.29, 1.82) is 0 Å². The van der Waals surface area contributed by atoms with Gasteiger partial charge in [-0.1, -0.05) is 0 Å². The first-order chi connectivity index (χ1) is 9.31. The molecule has 0 aliphatic carbocycles. The summed E-state index contributed by atoms with van der Waals surface area (Å²) < 4.78 is 5.67. The lowest BCUT2D eigenvalue weighted by molar-refractivity contribution is 0.190. The molecule has 0 aromatic carbocycles. The van der Waals surface area contributed by atoms with Gasteiger partial charge in [0.1, 0.15) is 12.4 Å². The molecule has 106 valence electrons. The van der Waals surface area contributed by atoms with Crippen molar-refractivity contribution in [2.75, 3.05) is 39.3 Å². The van der Waals surface area contributed by atoms with Crippen LogP contribution in [-0.4, -0.2) is 59.4 Å². The number of nitrogens with one attached hydrogen (secondary N) is 1. The number of piperazine rings is 1. The molecule has 1 fully saturated rings. The number of aromatic nitrogens is 1. The van der Waals surface area contributed by atoms with Crippen molar-refractivity contribution in [3.63, 3.8) is 0 Å². The van der Waals surface area contributed by atoms with E-state index in [-0.39, 0.29) is 13.2 Å². The molecule has 3 N–H and O–H groups in total. The topological polar surface area (TPSA) is 77.9 Å². The van der Waals surface area contributed by atoms with Gasteiger partial charge < -0.3 is 20.3 Å². The Kier molecular flexibility index (Phi) is 5.53. The number of hydrogen-bond donors (Lipinski definition) is 3. The molecule has 0 spiro atoms. The summed E-state index contributed by atoms with van der Waals surface area (Å²) in [6.07, 6.45) is 0. The fourth-order valence-corrected chi connectivity index (χ4v) is 2.09. The number of rotatable bonds is 6. The molecule has 6 heteroatoms. The molecular weight excluding hydrogens is 246 g/mol. The van der Waals surface area contributed by atoms with Gasteiger partial charge in [0.25, 0.3) is 0 Å². The van der Waals surface area contributed by atoms with Crippen LogP contribution in [0.15, 0.2) is 12.1 Å². The van der Waals surface area contributed by atoms with Gasteiger partial charge in [-0.25, -0.2) is 0 Å². The van der Waals surface area contributed by atoms with E-state index in [0.717, 1.165) is 32.7 Å². The van der Waals surface area contributed by atoms with Gasteiger partial charge in [0, 0.05) is 44.9 Å². The lowest BCUT2D eigenvalue weighted by atomic mass is 10.3. The summed E-state index contributed by atoms with van der Waals surface area (Å²) in [6.45, 7) is 5.32. The highest BCUT2D eigenvalue weighted by atomic mass is 16.5. The molecule has 1 aromatic rings. The zero-order valence-corrected chi connectivity index (χ0v) is 11.0. The van der Waals surface area contributed by atoms with Gasteiger partial charge >= 0.3 is 0 Å². The standard InChI is InChI=1S/C13H21N3O3/c17-9-11-7-13(8-12(10-18)15-11)19-6-5-16-3-1-14-2-4-16/h7-8,14,17-18H,1-6,9-10H2. The molecule has 1 aliphatic heterocycles. The Bertz CT molecular complexity index is 372. The van der Waals surface area contributed by atoms with Crippen LogP contribution in [0, 0.1) is 0 Å². The third kappa shape index (κ3) is 4.43. The third-order valence-electron chi connectivity index (χ3n) is 3.11. The van der Waals surface area contributed by atoms with E-state index in [4.69, 9.17) is 14.9 Å². The first kappa shape index (κ1) is 14.2. The van der Waals surface area contributed by atoms with Gasteiger partial charge in [0.15, 0.2) is 0 Å². The van der Waals surface area contributed by atoms with E-state index in [1.807, 2.05) is 0 Å². The molecule has 0 saturated carbocycles. The van der Waals surface area contributed by atoms with Gasteiger partial charge in [-0.3, -0.25) is 9.88 Å². The molecule has 0 unspecified atom stereocenters. The smallest absolute Gasteiger partial charge is 0.123 e. The van der Waals surface area contributed by atoms with Crippen LogP contribution < -0.4 is 10.1 Å². The molecule has 19 heavy (non-hydrogen) atoms. The molecule has 2 heterocycles. The van der Waals surface area contributed by atoms with Crippen molar-refractivity contribution in [3.05, 3.63) is 23.5 Å². The molecule has 1 saturated heterocycles. The van der Waals surface area contributed by atoms with E-state index in [1.165, 1.54) is 0 Å². The van der Waals surface area contributed by atoms with Crippen LogP contribution in [0.1, 0.15) is 11.4 Å². The zero-order valence-electron chi connectivity index (χ0n) is 11.0. The number of nitrogens with zero attached hydrogens (tertiary/aromatic N) is 2.